The fourth-order valence-corrected chi connectivity index (χ4v) is 6.02. The molecule has 0 aliphatic carbocycles. The molecule has 31 heavy (non-hydrogen) atoms. The SMILES string of the molecule is Cc1ccccc1CN1C(=O)C2(SCCN2C(=O)c2ccc(Cl)cc2)c2ccccc21. The number of thioether (sulfide) groups is 1. The van der Waals surface area contributed by atoms with E-state index in [9.17, 15) is 9.59 Å². The number of benzene rings is 3. The van der Waals surface area contributed by atoms with Crippen molar-refractivity contribution in [3.05, 3.63) is 100 Å². The van der Waals surface area contributed by atoms with Gasteiger partial charge in [-0.2, -0.15) is 0 Å². The van der Waals surface area contributed by atoms with Crippen molar-refractivity contribution in [1.29, 1.82) is 0 Å². The molecule has 0 saturated carbocycles. The third kappa shape index (κ3) is 3.15. The number of hydrogen-bond acceptors (Lipinski definition) is 3. The van der Waals surface area contributed by atoms with Crippen molar-refractivity contribution in [3.8, 4) is 0 Å². The number of carbonyl (C=O) groups is 2. The standard InChI is InChI=1S/C25H21ClN2O2S/c1-17-6-2-3-7-19(17)16-27-22-9-5-4-8-21(22)25(24(27)30)28(14-15-31-25)23(29)18-10-12-20(26)13-11-18/h2-13H,14-16H2,1H3. The van der Waals surface area contributed by atoms with Crippen LogP contribution in [-0.2, 0) is 16.2 Å². The molecule has 0 radical (unpaired) electrons. The highest BCUT2D eigenvalue weighted by atomic mass is 35.5. The molecule has 3 aromatic rings. The van der Waals surface area contributed by atoms with Gasteiger partial charge in [0.05, 0.1) is 12.2 Å². The summed E-state index contributed by atoms with van der Waals surface area (Å²) in [6.45, 7) is 3.05. The normalized spacial score (nSPS) is 19.9. The number of amides is 2. The molecule has 0 bridgehead atoms. The molecule has 1 atom stereocenters. The van der Waals surface area contributed by atoms with Crippen LogP contribution in [0.5, 0.6) is 0 Å². The fraction of sp³-hybridized carbons (Fsp3) is 0.200. The molecule has 5 rings (SSSR count). The number of carbonyl (C=O) groups excluding carboxylic acids is 2. The number of halogens is 1. The van der Waals surface area contributed by atoms with E-state index < -0.39 is 4.87 Å². The van der Waals surface area contributed by atoms with Crippen LogP contribution in [0.2, 0.25) is 5.02 Å². The Morgan fingerprint density at radius 2 is 1.74 bits per heavy atom. The minimum atomic E-state index is -1.03. The zero-order chi connectivity index (χ0) is 21.6. The minimum Gasteiger partial charge on any atom is -0.311 e. The maximum absolute atomic E-state index is 14.0. The van der Waals surface area contributed by atoms with Crippen LogP contribution in [0.25, 0.3) is 0 Å². The molecule has 1 fully saturated rings. The lowest BCUT2D eigenvalue weighted by Gasteiger charge is -2.33. The molecule has 0 aromatic heterocycles. The summed E-state index contributed by atoms with van der Waals surface area (Å²) in [5.74, 6) is 0.502. The largest absolute Gasteiger partial charge is 0.311 e. The van der Waals surface area contributed by atoms with E-state index in [1.54, 1.807) is 40.9 Å². The molecule has 2 amide bonds. The summed E-state index contributed by atoms with van der Waals surface area (Å²) in [4.78, 5) is 30.0. The van der Waals surface area contributed by atoms with Gasteiger partial charge in [0.15, 0.2) is 4.87 Å². The average Bonchev–Trinajstić information content (AvgIpc) is 3.32. The quantitative estimate of drug-likeness (QED) is 0.550. The lowest BCUT2D eigenvalue weighted by Crippen LogP contribution is -2.50. The molecule has 1 saturated heterocycles. The van der Waals surface area contributed by atoms with Gasteiger partial charge in [-0.15, -0.1) is 11.8 Å². The van der Waals surface area contributed by atoms with E-state index in [2.05, 4.69) is 19.1 Å². The second kappa shape index (κ2) is 7.74. The van der Waals surface area contributed by atoms with Crippen LogP contribution in [0.15, 0.2) is 72.8 Å². The Labute approximate surface area is 190 Å². The zero-order valence-corrected chi connectivity index (χ0v) is 18.6. The van der Waals surface area contributed by atoms with Gasteiger partial charge in [-0.3, -0.25) is 9.59 Å². The first-order valence-electron chi connectivity index (χ1n) is 10.2. The molecule has 4 nitrogen and oxygen atoms in total. The molecule has 1 spiro atoms. The number of aryl methyl sites for hydroxylation is 1. The first kappa shape index (κ1) is 20.2. The molecule has 1 unspecified atom stereocenters. The van der Waals surface area contributed by atoms with Crippen LogP contribution in [0.3, 0.4) is 0 Å². The Kier molecular flexibility index (Phi) is 5.03. The highest BCUT2D eigenvalue weighted by Gasteiger charge is 2.59. The van der Waals surface area contributed by atoms with Crippen molar-refractivity contribution in [2.45, 2.75) is 18.3 Å². The smallest absolute Gasteiger partial charge is 0.268 e. The Bertz CT molecular complexity index is 1180. The van der Waals surface area contributed by atoms with Crippen LogP contribution < -0.4 is 4.90 Å². The van der Waals surface area contributed by atoms with Gasteiger partial charge in [-0.1, -0.05) is 54.1 Å². The number of rotatable bonds is 3. The number of para-hydroxylation sites is 1. The van der Waals surface area contributed by atoms with E-state index in [0.717, 1.165) is 22.4 Å². The van der Waals surface area contributed by atoms with E-state index >= 15 is 0 Å². The first-order valence-corrected chi connectivity index (χ1v) is 11.6. The summed E-state index contributed by atoms with van der Waals surface area (Å²) in [7, 11) is 0. The molecule has 0 N–H and O–H groups in total. The van der Waals surface area contributed by atoms with Crippen molar-refractivity contribution in [2.75, 3.05) is 17.2 Å². The number of nitrogens with zero attached hydrogens (tertiary/aromatic N) is 2. The van der Waals surface area contributed by atoms with Crippen molar-refractivity contribution in [3.63, 3.8) is 0 Å². The van der Waals surface area contributed by atoms with Gasteiger partial charge in [0.2, 0.25) is 0 Å². The van der Waals surface area contributed by atoms with Crippen LogP contribution in [0, 0.1) is 6.92 Å². The monoisotopic (exact) mass is 448 g/mol. The maximum atomic E-state index is 14.0. The summed E-state index contributed by atoms with van der Waals surface area (Å²) < 4.78 is 0. The predicted octanol–water partition coefficient (Wildman–Crippen LogP) is 5.24. The topological polar surface area (TPSA) is 40.6 Å². The van der Waals surface area contributed by atoms with Crippen molar-refractivity contribution >= 4 is 40.9 Å². The molecule has 3 aromatic carbocycles. The summed E-state index contributed by atoms with van der Waals surface area (Å²) in [6, 6.07) is 22.8. The Morgan fingerprint density at radius 1 is 1.03 bits per heavy atom. The average molecular weight is 449 g/mol. The van der Waals surface area contributed by atoms with E-state index in [1.807, 2.05) is 41.3 Å². The summed E-state index contributed by atoms with van der Waals surface area (Å²) >= 11 is 7.55. The Hall–Kier alpha value is -2.76. The second-order valence-electron chi connectivity index (χ2n) is 7.79. The number of anilines is 1. The summed E-state index contributed by atoms with van der Waals surface area (Å²) in [6.07, 6.45) is 0. The molecule has 2 heterocycles. The third-order valence-electron chi connectivity index (χ3n) is 6.03. The Morgan fingerprint density at radius 3 is 2.52 bits per heavy atom. The van der Waals surface area contributed by atoms with Crippen LogP contribution in [-0.4, -0.2) is 29.0 Å². The van der Waals surface area contributed by atoms with Gasteiger partial charge in [-0.25, -0.2) is 0 Å². The van der Waals surface area contributed by atoms with Gasteiger partial charge in [0.1, 0.15) is 0 Å². The number of hydrogen-bond donors (Lipinski definition) is 0. The van der Waals surface area contributed by atoms with Crippen LogP contribution in [0.1, 0.15) is 27.0 Å². The lowest BCUT2D eigenvalue weighted by molar-refractivity contribution is -0.123. The molecular weight excluding hydrogens is 428 g/mol. The first-order chi connectivity index (χ1) is 15.0. The summed E-state index contributed by atoms with van der Waals surface area (Å²) in [5, 5.41) is 0.578. The predicted molar refractivity (Wildman–Crippen MR) is 125 cm³/mol. The van der Waals surface area contributed by atoms with Crippen LogP contribution >= 0.6 is 23.4 Å². The third-order valence-corrected chi connectivity index (χ3v) is 7.70. The van der Waals surface area contributed by atoms with E-state index in [1.165, 1.54) is 0 Å². The highest BCUT2D eigenvalue weighted by Crippen LogP contribution is 2.54. The fourth-order valence-electron chi connectivity index (χ4n) is 4.43. The van der Waals surface area contributed by atoms with E-state index in [0.29, 0.717) is 29.4 Å². The Balaban J connectivity index is 1.58. The molecule has 2 aliphatic rings. The lowest BCUT2D eigenvalue weighted by atomic mass is 10.0. The zero-order valence-electron chi connectivity index (χ0n) is 17.0. The second-order valence-corrected chi connectivity index (χ2v) is 9.52. The van der Waals surface area contributed by atoms with Gasteiger partial charge in [-0.05, 0) is 48.4 Å². The van der Waals surface area contributed by atoms with Crippen molar-refractivity contribution in [2.24, 2.45) is 0 Å². The van der Waals surface area contributed by atoms with E-state index in [-0.39, 0.29) is 11.8 Å². The van der Waals surface area contributed by atoms with Gasteiger partial charge in [0.25, 0.3) is 11.8 Å². The minimum absolute atomic E-state index is 0.0539. The highest BCUT2D eigenvalue weighted by molar-refractivity contribution is 8.01. The molecule has 156 valence electrons. The number of fused-ring (bicyclic) bond motifs is 2. The van der Waals surface area contributed by atoms with Gasteiger partial charge >= 0.3 is 0 Å². The molecule has 2 aliphatic heterocycles. The molecular formula is C25H21ClN2O2S. The van der Waals surface area contributed by atoms with E-state index in [4.69, 9.17) is 11.6 Å². The van der Waals surface area contributed by atoms with Gasteiger partial charge in [0, 0.05) is 28.4 Å². The van der Waals surface area contributed by atoms with Crippen molar-refractivity contribution in [1.82, 2.24) is 4.90 Å². The molecule has 6 heteroatoms. The van der Waals surface area contributed by atoms with Crippen molar-refractivity contribution < 1.29 is 9.59 Å². The van der Waals surface area contributed by atoms with Gasteiger partial charge < -0.3 is 9.80 Å². The summed E-state index contributed by atoms with van der Waals surface area (Å²) in [5.41, 5.74) is 4.54. The van der Waals surface area contributed by atoms with Crippen LogP contribution in [0.4, 0.5) is 5.69 Å². The maximum Gasteiger partial charge on any atom is 0.268 e.